The molecule has 0 radical (unpaired) electrons. The van der Waals surface area contributed by atoms with Crippen LogP contribution in [-0.2, 0) is 13.5 Å². The van der Waals surface area contributed by atoms with Gasteiger partial charge in [-0.05, 0) is 25.5 Å². The molecule has 1 unspecified atom stereocenters. The van der Waals surface area contributed by atoms with E-state index in [0.29, 0.717) is 6.04 Å². The van der Waals surface area contributed by atoms with E-state index in [1.54, 1.807) is 0 Å². The molecule has 1 heterocycles. The van der Waals surface area contributed by atoms with Gasteiger partial charge in [-0.3, -0.25) is 4.68 Å². The Kier molecular flexibility index (Phi) is 1.46. The normalized spacial score (nSPS) is 22.2. The Labute approximate surface area is 66.4 Å². The zero-order chi connectivity index (χ0) is 7.84. The second-order valence-corrected chi connectivity index (χ2v) is 3.09. The van der Waals surface area contributed by atoms with Crippen molar-refractivity contribution < 1.29 is 0 Å². The quantitative estimate of drug-likeness (QED) is 0.638. The zero-order valence-electron chi connectivity index (χ0n) is 6.96. The van der Waals surface area contributed by atoms with Crippen molar-refractivity contribution in [3.63, 3.8) is 0 Å². The molecule has 1 atom stereocenters. The molecule has 11 heavy (non-hydrogen) atoms. The van der Waals surface area contributed by atoms with Gasteiger partial charge in [0.15, 0.2) is 0 Å². The standard InChI is InChI=1S/C8H13N3/c1-9-7-4-3-6-5-11(2)10-8(6)7/h5,7,9H,3-4H2,1-2H3. The Morgan fingerprint density at radius 1 is 1.73 bits per heavy atom. The lowest BCUT2D eigenvalue weighted by molar-refractivity contribution is 0.559. The van der Waals surface area contributed by atoms with Crippen molar-refractivity contribution >= 4 is 0 Å². The minimum atomic E-state index is 0.492. The lowest BCUT2D eigenvalue weighted by Crippen LogP contribution is -2.14. The highest BCUT2D eigenvalue weighted by molar-refractivity contribution is 5.25. The van der Waals surface area contributed by atoms with Crippen LogP contribution in [0.1, 0.15) is 23.7 Å². The molecule has 60 valence electrons. The molecule has 1 aliphatic carbocycles. The Morgan fingerprint density at radius 2 is 2.55 bits per heavy atom. The molecule has 1 aromatic heterocycles. The van der Waals surface area contributed by atoms with E-state index in [0.717, 1.165) is 0 Å². The number of nitrogens with zero attached hydrogens (tertiary/aromatic N) is 2. The number of aryl methyl sites for hydroxylation is 2. The Hall–Kier alpha value is -0.830. The molecule has 1 aromatic rings. The largest absolute Gasteiger partial charge is 0.312 e. The molecule has 0 aromatic carbocycles. The summed E-state index contributed by atoms with van der Waals surface area (Å²) in [6.45, 7) is 0. The molecule has 2 rings (SSSR count). The van der Waals surface area contributed by atoms with Gasteiger partial charge in [0.1, 0.15) is 0 Å². The van der Waals surface area contributed by atoms with Crippen LogP contribution in [0.15, 0.2) is 6.20 Å². The smallest absolute Gasteiger partial charge is 0.0825 e. The van der Waals surface area contributed by atoms with E-state index in [1.807, 2.05) is 18.8 Å². The number of rotatable bonds is 1. The molecule has 3 nitrogen and oxygen atoms in total. The van der Waals surface area contributed by atoms with Crippen molar-refractivity contribution in [2.45, 2.75) is 18.9 Å². The summed E-state index contributed by atoms with van der Waals surface area (Å²) < 4.78 is 1.90. The molecule has 0 spiro atoms. The third-order valence-corrected chi connectivity index (χ3v) is 2.32. The van der Waals surface area contributed by atoms with Crippen LogP contribution >= 0.6 is 0 Å². The number of aromatic nitrogens is 2. The van der Waals surface area contributed by atoms with Crippen LogP contribution in [0.5, 0.6) is 0 Å². The van der Waals surface area contributed by atoms with Crippen molar-refractivity contribution in [1.29, 1.82) is 0 Å². The van der Waals surface area contributed by atoms with Gasteiger partial charge in [0.05, 0.1) is 11.7 Å². The van der Waals surface area contributed by atoms with E-state index in [1.165, 1.54) is 24.1 Å². The van der Waals surface area contributed by atoms with Gasteiger partial charge >= 0.3 is 0 Å². The van der Waals surface area contributed by atoms with Crippen LogP contribution in [0.3, 0.4) is 0 Å². The highest BCUT2D eigenvalue weighted by Crippen LogP contribution is 2.28. The first-order valence-corrected chi connectivity index (χ1v) is 4.01. The summed E-state index contributed by atoms with van der Waals surface area (Å²) in [6, 6.07) is 0.492. The summed E-state index contributed by atoms with van der Waals surface area (Å²) in [4.78, 5) is 0. The van der Waals surface area contributed by atoms with Crippen LogP contribution in [-0.4, -0.2) is 16.8 Å². The molecule has 1 N–H and O–H groups in total. The second kappa shape index (κ2) is 2.34. The monoisotopic (exact) mass is 151 g/mol. The number of hydrogen-bond donors (Lipinski definition) is 1. The van der Waals surface area contributed by atoms with E-state index < -0.39 is 0 Å². The molecule has 0 fully saturated rings. The van der Waals surface area contributed by atoms with E-state index in [4.69, 9.17) is 0 Å². The Morgan fingerprint density at radius 3 is 3.27 bits per heavy atom. The maximum absolute atomic E-state index is 4.40. The van der Waals surface area contributed by atoms with Crippen LogP contribution < -0.4 is 5.32 Å². The molecule has 1 aliphatic rings. The molecule has 0 saturated carbocycles. The molecular weight excluding hydrogens is 138 g/mol. The maximum Gasteiger partial charge on any atom is 0.0825 e. The van der Waals surface area contributed by atoms with Gasteiger partial charge < -0.3 is 5.32 Å². The van der Waals surface area contributed by atoms with Crippen LogP contribution in [0.2, 0.25) is 0 Å². The van der Waals surface area contributed by atoms with Gasteiger partial charge in [-0.25, -0.2) is 0 Å². The van der Waals surface area contributed by atoms with Crippen molar-refractivity contribution in [2.24, 2.45) is 7.05 Å². The lowest BCUT2D eigenvalue weighted by atomic mass is 10.2. The van der Waals surface area contributed by atoms with Crippen LogP contribution in [0.4, 0.5) is 0 Å². The first-order valence-electron chi connectivity index (χ1n) is 4.01. The third-order valence-electron chi connectivity index (χ3n) is 2.32. The molecule has 0 bridgehead atoms. The van der Waals surface area contributed by atoms with Gasteiger partial charge in [-0.15, -0.1) is 0 Å². The van der Waals surface area contributed by atoms with Crippen molar-refractivity contribution in [1.82, 2.24) is 15.1 Å². The predicted octanol–water partition coefficient (Wildman–Crippen LogP) is 0.627. The zero-order valence-corrected chi connectivity index (χ0v) is 6.96. The van der Waals surface area contributed by atoms with Crippen molar-refractivity contribution in [3.05, 3.63) is 17.5 Å². The fourth-order valence-electron chi connectivity index (χ4n) is 1.76. The second-order valence-electron chi connectivity index (χ2n) is 3.09. The van der Waals surface area contributed by atoms with Crippen molar-refractivity contribution in [3.8, 4) is 0 Å². The number of fused-ring (bicyclic) bond motifs is 1. The molecule has 0 amide bonds. The fraction of sp³-hybridized carbons (Fsp3) is 0.625. The molecule has 3 heteroatoms. The maximum atomic E-state index is 4.40. The fourth-order valence-corrected chi connectivity index (χ4v) is 1.76. The Balaban J connectivity index is 2.37. The Bertz CT molecular complexity index is 264. The van der Waals surface area contributed by atoms with Gasteiger partial charge in [0, 0.05) is 13.2 Å². The van der Waals surface area contributed by atoms with Crippen LogP contribution in [0, 0.1) is 0 Å². The summed E-state index contributed by atoms with van der Waals surface area (Å²) in [5, 5.41) is 7.66. The summed E-state index contributed by atoms with van der Waals surface area (Å²) in [7, 11) is 3.97. The number of nitrogens with one attached hydrogen (secondary N) is 1. The van der Waals surface area contributed by atoms with E-state index in [2.05, 4.69) is 16.6 Å². The minimum Gasteiger partial charge on any atom is -0.312 e. The van der Waals surface area contributed by atoms with Crippen LogP contribution in [0.25, 0.3) is 0 Å². The highest BCUT2D eigenvalue weighted by atomic mass is 15.3. The SMILES string of the molecule is CNC1CCc2cn(C)nc21. The van der Waals surface area contributed by atoms with Gasteiger partial charge in [-0.1, -0.05) is 0 Å². The van der Waals surface area contributed by atoms with E-state index in [-0.39, 0.29) is 0 Å². The van der Waals surface area contributed by atoms with Gasteiger partial charge in [0.2, 0.25) is 0 Å². The average molecular weight is 151 g/mol. The predicted molar refractivity (Wildman–Crippen MR) is 43.3 cm³/mol. The average Bonchev–Trinajstić information content (AvgIpc) is 2.45. The first-order chi connectivity index (χ1) is 5.31. The highest BCUT2D eigenvalue weighted by Gasteiger charge is 2.23. The molecular formula is C8H13N3. The molecule has 0 aliphatic heterocycles. The summed E-state index contributed by atoms with van der Waals surface area (Å²) in [5.41, 5.74) is 2.65. The van der Waals surface area contributed by atoms with E-state index in [9.17, 15) is 0 Å². The lowest BCUT2D eigenvalue weighted by Gasteiger charge is -2.05. The van der Waals surface area contributed by atoms with Gasteiger partial charge in [-0.2, -0.15) is 5.10 Å². The van der Waals surface area contributed by atoms with Gasteiger partial charge in [0.25, 0.3) is 0 Å². The number of hydrogen-bond acceptors (Lipinski definition) is 2. The summed E-state index contributed by atoms with van der Waals surface area (Å²) >= 11 is 0. The van der Waals surface area contributed by atoms with E-state index >= 15 is 0 Å². The first kappa shape index (κ1) is 6.85. The van der Waals surface area contributed by atoms with Crippen molar-refractivity contribution in [2.75, 3.05) is 7.05 Å². The summed E-state index contributed by atoms with van der Waals surface area (Å²) in [6.07, 6.45) is 4.50. The minimum absolute atomic E-state index is 0.492. The summed E-state index contributed by atoms with van der Waals surface area (Å²) in [5.74, 6) is 0. The third kappa shape index (κ3) is 0.959. The molecule has 0 saturated heterocycles. The topological polar surface area (TPSA) is 29.9 Å².